The van der Waals surface area contributed by atoms with Crippen molar-refractivity contribution >= 4 is 5.78 Å². The monoisotopic (exact) mass is 374 g/mol. The average molecular weight is 375 g/mol. The molecule has 1 aliphatic rings. The molecule has 0 aliphatic heterocycles. The number of rotatable bonds is 9. The number of carbonyl (C=O) groups excluding carboxylic acids is 1. The smallest absolute Gasteiger partial charge is 0.185 e. The standard InChI is InChI=1S/C24H38O3/c1-8-10-21(22(25)20-14-11-17(3)12-15-20)18(4)13-16-19(9-2)23(26)27-24(5,6)7/h11,13-14,16,19,23,26H,8-10,12,15H2,1-7H3/b16-13-,21-18-. The summed E-state index contributed by atoms with van der Waals surface area (Å²) < 4.78 is 5.69. The summed E-state index contributed by atoms with van der Waals surface area (Å²) in [7, 11) is 0. The zero-order valence-electron chi connectivity index (χ0n) is 18.3. The highest BCUT2D eigenvalue weighted by Crippen LogP contribution is 2.26. The van der Waals surface area contributed by atoms with E-state index >= 15 is 0 Å². The van der Waals surface area contributed by atoms with Crippen molar-refractivity contribution in [2.75, 3.05) is 0 Å². The van der Waals surface area contributed by atoms with Crippen LogP contribution in [0.25, 0.3) is 0 Å². The molecule has 0 heterocycles. The van der Waals surface area contributed by atoms with E-state index in [1.165, 1.54) is 5.57 Å². The van der Waals surface area contributed by atoms with Crippen LogP contribution in [0.5, 0.6) is 0 Å². The molecule has 0 fully saturated rings. The van der Waals surface area contributed by atoms with Gasteiger partial charge in [0.25, 0.3) is 0 Å². The highest BCUT2D eigenvalue weighted by molar-refractivity contribution is 6.09. The number of hydrogen-bond acceptors (Lipinski definition) is 3. The van der Waals surface area contributed by atoms with Gasteiger partial charge in [0.1, 0.15) is 0 Å². The van der Waals surface area contributed by atoms with Gasteiger partial charge in [0.15, 0.2) is 12.1 Å². The highest BCUT2D eigenvalue weighted by atomic mass is 16.6. The second-order valence-electron chi connectivity index (χ2n) is 8.50. The number of Topliss-reactive ketones (excluding diaryl/α,β-unsaturated/α-hetero) is 1. The number of allylic oxidation sites excluding steroid dienone is 7. The molecular formula is C24H38O3. The fourth-order valence-electron chi connectivity index (χ4n) is 3.12. The van der Waals surface area contributed by atoms with Crippen LogP contribution in [-0.4, -0.2) is 22.8 Å². The molecule has 1 N–H and O–H groups in total. The van der Waals surface area contributed by atoms with Crippen LogP contribution in [-0.2, 0) is 9.53 Å². The molecule has 0 amide bonds. The minimum Gasteiger partial charge on any atom is -0.367 e. The van der Waals surface area contributed by atoms with Crippen molar-refractivity contribution in [3.63, 3.8) is 0 Å². The first kappa shape index (κ1) is 23.6. The predicted molar refractivity (Wildman–Crippen MR) is 113 cm³/mol. The molecule has 1 rings (SSSR count). The lowest BCUT2D eigenvalue weighted by atomic mass is 9.89. The molecule has 1 aliphatic carbocycles. The van der Waals surface area contributed by atoms with Gasteiger partial charge in [0.05, 0.1) is 5.60 Å². The van der Waals surface area contributed by atoms with Crippen LogP contribution in [0.15, 0.2) is 46.6 Å². The Kier molecular flexibility index (Phi) is 9.41. The van der Waals surface area contributed by atoms with Crippen molar-refractivity contribution in [2.24, 2.45) is 5.92 Å². The summed E-state index contributed by atoms with van der Waals surface area (Å²) in [4.78, 5) is 13.0. The third-order valence-corrected chi connectivity index (χ3v) is 4.80. The van der Waals surface area contributed by atoms with Crippen LogP contribution in [0.1, 0.15) is 80.6 Å². The fourth-order valence-corrected chi connectivity index (χ4v) is 3.12. The number of aliphatic hydroxyl groups is 1. The first-order valence-electron chi connectivity index (χ1n) is 10.2. The van der Waals surface area contributed by atoms with Gasteiger partial charge in [0.2, 0.25) is 0 Å². The lowest BCUT2D eigenvalue weighted by Crippen LogP contribution is -2.31. The molecule has 0 saturated heterocycles. The summed E-state index contributed by atoms with van der Waals surface area (Å²) in [6.45, 7) is 14.0. The van der Waals surface area contributed by atoms with E-state index in [1.807, 2.05) is 52.8 Å². The largest absolute Gasteiger partial charge is 0.367 e. The zero-order valence-corrected chi connectivity index (χ0v) is 18.3. The first-order chi connectivity index (χ1) is 12.6. The van der Waals surface area contributed by atoms with Crippen LogP contribution in [0.3, 0.4) is 0 Å². The minimum absolute atomic E-state index is 0.100. The van der Waals surface area contributed by atoms with Crippen molar-refractivity contribution in [1.29, 1.82) is 0 Å². The van der Waals surface area contributed by atoms with E-state index in [2.05, 4.69) is 19.9 Å². The van der Waals surface area contributed by atoms with Crippen molar-refractivity contribution < 1.29 is 14.6 Å². The van der Waals surface area contributed by atoms with Gasteiger partial charge in [-0.05, 0) is 65.9 Å². The fraction of sp³-hybridized carbons (Fsp3) is 0.625. The second-order valence-corrected chi connectivity index (χ2v) is 8.50. The number of ketones is 1. The summed E-state index contributed by atoms with van der Waals surface area (Å²) in [5.74, 6) is 0.0684. The lowest BCUT2D eigenvalue weighted by molar-refractivity contribution is -0.184. The third kappa shape index (κ3) is 7.98. The molecule has 0 spiro atoms. The Labute approximate surface area is 165 Å². The van der Waals surface area contributed by atoms with E-state index in [1.54, 1.807) is 0 Å². The van der Waals surface area contributed by atoms with Gasteiger partial charge in [-0.15, -0.1) is 0 Å². The molecule has 0 aromatic rings. The number of carbonyl (C=O) groups is 1. The van der Waals surface area contributed by atoms with Gasteiger partial charge in [-0.3, -0.25) is 4.79 Å². The van der Waals surface area contributed by atoms with Gasteiger partial charge in [-0.25, -0.2) is 0 Å². The van der Waals surface area contributed by atoms with E-state index in [-0.39, 0.29) is 11.7 Å². The Morgan fingerprint density at radius 1 is 1.26 bits per heavy atom. The number of aliphatic hydroxyl groups excluding tert-OH is 1. The Balaban J connectivity index is 3.02. The normalized spacial score (nSPS) is 18.7. The molecule has 2 atom stereocenters. The summed E-state index contributed by atoms with van der Waals surface area (Å²) in [6.07, 6.45) is 11.4. The van der Waals surface area contributed by atoms with E-state index in [0.29, 0.717) is 0 Å². The van der Waals surface area contributed by atoms with Crippen molar-refractivity contribution in [3.05, 3.63) is 46.6 Å². The Bertz CT molecular complexity index is 627. The topological polar surface area (TPSA) is 46.5 Å². The van der Waals surface area contributed by atoms with E-state index in [4.69, 9.17) is 4.74 Å². The summed E-state index contributed by atoms with van der Waals surface area (Å²) in [5, 5.41) is 10.4. The van der Waals surface area contributed by atoms with Gasteiger partial charge in [-0.2, -0.15) is 0 Å². The van der Waals surface area contributed by atoms with Crippen molar-refractivity contribution in [1.82, 2.24) is 0 Å². The summed E-state index contributed by atoms with van der Waals surface area (Å²) in [6, 6.07) is 0. The number of ether oxygens (including phenoxy) is 1. The van der Waals surface area contributed by atoms with Crippen molar-refractivity contribution in [3.8, 4) is 0 Å². The lowest BCUT2D eigenvalue weighted by Gasteiger charge is -2.27. The van der Waals surface area contributed by atoms with Crippen molar-refractivity contribution in [2.45, 2.75) is 92.5 Å². The van der Waals surface area contributed by atoms with Crippen LogP contribution in [0.4, 0.5) is 0 Å². The Hall–Kier alpha value is -1.45. The molecule has 0 aromatic heterocycles. The van der Waals surface area contributed by atoms with Crippen LogP contribution in [0.2, 0.25) is 0 Å². The van der Waals surface area contributed by atoms with E-state index in [0.717, 1.165) is 48.8 Å². The average Bonchev–Trinajstić information content (AvgIpc) is 2.58. The van der Waals surface area contributed by atoms with Gasteiger partial charge in [0, 0.05) is 17.1 Å². The molecule has 3 nitrogen and oxygen atoms in total. The minimum atomic E-state index is -0.849. The maximum absolute atomic E-state index is 13.0. The Morgan fingerprint density at radius 2 is 1.93 bits per heavy atom. The predicted octanol–water partition coefficient (Wildman–Crippen LogP) is 6.05. The Morgan fingerprint density at radius 3 is 2.41 bits per heavy atom. The molecular weight excluding hydrogens is 336 g/mol. The quantitative estimate of drug-likeness (QED) is 0.303. The van der Waals surface area contributed by atoms with E-state index in [9.17, 15) is 9.90 Å². The summed E-state index contributed by atoms with van der Waals surface area (Å²) in [5.41, 5.74) is 3.70. The molecule has 27 heavy (non-hydrogen) atoms. The van der Waals surface area contributed by atoms with Crippen LogP contribution >= 0.6 is 0 Å². The molecule has 3 heteroatoms. The SMILES string of the molecule is CCC/C(C(=O)C1=CC=C(C)CC1)=C(C)/C=C\C(CC)C(O)OC(C)(C)C. The van der Waals surface area contributed by atoms with Gasteiger partial charge >= 0.3 is 0 Å². The molecule has 0 aromatic carbocycles. The molecule has 0 bridgehead atoms. The molecule has 0 radical (unpaired) electrons. The molecule has 152 valence electrons. The molecule has 0 saturated carbocycles. The van der Waals surface area contributed by atoms with Gasteiger partial charge < -0.3 is 9.84 Å². The maximum atomic E-state index is 13.0. The highest BCUT2D eigenvalue weighted by Gasteiger charge is 2.22. The van der Waals surface area contributed by atoms with Crippen LogP contribution in [0, 0.1) is 5.92 Å². The summed E-state index contributed by atoms with van der Waals surface area (Å²) >= 11 is 0. The third-order valence-electron chi connectivity index (χ3n) is 4.80. The molecule has 2 unspecified atom stereocenters. The van der Waals surface area contributed by atoms with E-state index < -0.39 is 11.9 Å². The second kappa shape index (κ2) is 10.8. The van der Waals surface area contributed by atoms with Gasteiger partial charge in [-0.1, -0.05) is 50.1 Å². The zero-order chi connectivity index (χ0) is 20.6. The first-order valence-corrected chi connectivity index (χ1v) is 10.2. The maximum Gasteiger partial charge on any atom is 0.185 e. The number of hydrogen-bond donors (Lipinski definition) is 1. The van der Waals surface area contributed by atoms with Crippen LogP contribution < -0.4 is 0 Å².